The summed E-state index contributed by atoms with van der Waals surface area (Å²) in [4.78, 5) is 10.2. The molecule has 0 saturated heterocycles. The van der Waals surface area contributed by atoms with Crippen LogP contribution in [0, 0.1) is 5.92 Å². The SMILES string of the molecule is CC[C@H](C)[14C@H](N)C(=O)O. The Morgan fingerprint density at radius 3 is 2.44 bits per heavy atom. The van der Waals surface area contributed by atoms with Crippen LogP contribution in [0.25, 0.3) is 0 Å². The molecule has 9 heavy (non-hydrogen) atoms. The fourth-order valence-corrected chi connectivity index (χ4v) is 0.497. The molecule has 0 bridgehead atoms. The third-order valence-electron chi connectivity index (χ3n) is 1.54. The summed E-state index contributed by atoms with van der Waals surface area (Å²) >= 11 is 0. The van der Waals surface area contributed by atoms with Crippen LogP contribution >= 0.6 is 0 Å². The summed E-state index contributed by atoms with van der Waals surface area (Å²) < 4.78 is 0. The van der Waals surface area contributed by atoms with Gasteiger partial charge in [0, 0.05) is 0 Å². The Balaban J connectivity index is 3.72. The summed E-state index contributed by atoms with van der Waals surface area (Å²) in [6.07, 6.45) is 0.813. The Kier molecular flexibility index (Phi) is 3.24. The molecule has 3 nitrogen and oxygen atoms in total. The maximum Gasteiger partial charge on any atom is 0.320 e. The van der Waals surface area contributed by atoms with Crippen LogP contribution < -0.4 is 5.73 Å². The van der Waals surface area contributed by atoms with Gasteiger partial charge in [-0.2, -0.15) is 0 Å². The van der Waals surface area contributed by atoms with E-state index in [9.17, 15) is 4.79 Å². The van der Waals surface area contributed by atoms with E-state index in [0.29, 0.717) is 0 Å². The van der Waals surface area contributed by atoms with Crippen molar-refractivity contribution in [3.8, 4) is 0 Å². The predicted octanol–water partition coefficient (Wildman–Crippen LogP) is 0.444. The molecular formula is C6H13NO2. The van der Waals surface area contributed by atoms with Gasteiger partial charge in [-0.3, -0.25) is 4.79 Å². The maximum atomic E-state index is 10.2. The quantitative estimate of drug-likeness (QED) is 0.587. The second-order valence-corrected chi connectivity index (χ2v) is 2.25. The van der Waals surface area contributed by atoms with Crippen molar-refractivity contribution in [1.29, 1.82) is 0 Å². The molecule has 0 aliphatic carbocycles. The van der Waals surface area contributed by atoms with Crippen molar-refractivity contribution in [3.63, 3.8) is 0 Å². The van der Waals surface area contributed by atoms with E-state index in [1.165, 1.54) is 0 Å². The number of hydrogen-bond acceptors (Lipinski definition) is 2. The van der Waals surface area contributed by atoms with Gasteiger partial charge in [0.2, 0.25) is 0 Å². The van der Waals surface area contributed by atoms with Crippen molar-refractivity contribution < 1.29 is 9.90 Å². The van der Waals surface area contributed by atoms with Gasteiger partial charge in [0.1, 0.15) is 6.04 Å². The smallest absolute Gasteiger partial charge is 0.320 e. The van der Waals surface area contributed by atoms with Crippen molar-refractivity contribution in [2.75, 3.05) is 0 Å². The molecule has 54 valence electrons. The van der Waals surface area contributed by atoms with E-state index in [4.69, 9.17) is 10.8 Å². The fraction of sp³-hybridized carbons (Fsp3) is 0.833. The molecule has 0 fully saturated rings. The fourth-order valence-electron chi connectivity index (χ4n) is 0.497. The van der Waals surface area contributed by atoms with Crippen LogP contribution in [0.2, 0.25) is 0 Å². The number of carboxylic acid groups (broad SMARTS) is 1. The number of aliphatic carboxylic acids is 1. The van der Waals surface area contributed by atoms with Crippen molar-refractivity contribution in [1.82, 2.24) is 0 Å². The first-order valence-electron chi connectivity index (χ1n) is 3.08. The van der Waals surface area contributed by atoms with Crippen LogP contribution in [0.1, 0.15) is 20.3 Å². The number of nitrogens with two attached hydrogens (primary N) is 1. The molecule has 3 N–H and O–H groups in total. The van der Waals surface area contributed by atoms with Gasteiger partial charge in [0.25, 0.3) is 0 Å². The molecule has 3 heteroatoms. The van der Waals surface area contributed by atoms with Crippen molar-refractivity contribution in [3.05, 3.63) is 0 Å². The third-order valence-corrected chi connectivity index (χ3v) is 1.54. The Bertz CT molecular complexity index is 103. The molecule has 0 aromatic heterocycles. The van der Waals surface area contributed by atoms with Gasteiger partial charge in [0.15, 0.2) is 0 Å². The maximum absolute atomic E-state index is 10.2. The van der Waals surface area contributed by atoms with E-state index in [1.807, 2.05) is 13.8 Å². The molecular weight excluding hydrogens is 120 g/mol. The van der Waals surface area contributed by atoms with Gasteiger partial charge >= 0.3 is 5.97 Å². The molecule has 0 aliphatic heterocycles. The molecule has 0 saturated carbocycles. The molecule has 0 rings (SSSR count). The Morgan fingerprint density at radius 2 is 2.33 bits per heavy atom. The van der Waals surface area contributed by atoms with Crippen LogP contribution in [-0.2, 0) is 4.79 Å². The highest BCUT2D eigenvalue weighted by Crippen LogP contribution is 2.04. The zero-order valence-electron chi connectivity index (χ0n) is 5.79. The lowest BCUT2D eigenvalue weighted by atomic mass is 10.3. The van der Waals surface area contributed by atoms with Gasteiger partial charge < -0.3 is 10.8 Å². The second kappa shape index (κ2) is 3.45. The van der Waals surface area contributed by atoms with E-state index in [1.54, 1.807) is 0 Å². The standard InChI is InChI=1S/C6H13NO2/c1-3-4(2)5(7)6(8)9/h4-5H,3,7H2,1-2H3,(H,8,9)/t4-,5-/m0/s1/i5+2. The average molecular weight is 133 g/mol. The third kappa shape index (κ3) is 2.46. The molecule has 0 amide bonds. The number of carbonyl (C=O) groups is 1. The minimum absolute atomic E-state index is 0.0718. The molecule has 0 spiro atoms. The van der Waals surface area contributed by atoms with Crippen LogP contribution in [0.5, 0.6) is 0 Å². The summed E-state index contributed by atoms with van der Waals surface area (Å²) in [6, 6.07) is -0.699. The minimum atomic E-state index is -0.913. The van der Waals surface area contributed by atoms with Crippen LogP contribution in [0.15, 0.2) is 0 Å². The zero-order valence-corrected chi connectivity index (χ0v) is 5.79. The van der Waals surface area contributed by atoms with E-state index in [2.05, 4.69) is 0 Å². The molecule has 2 atom stereocenters. The number of hydrogen-bond donors (Lipinski definition) is 2. The Labute approximate surface area is 54.9 Å². The number of carboxylic acids is 1. The summed E-state index contributed by atoms with van der Waals surface area (Å²) in [6.45, 7) is 3.76. The second-order valence-electron chi connectivity index (χ2n) is 2.25. The number of rotatable bonds is 3. The summed E-state index contributed by atoms with van der Waals surface area (Å²) in [5.74, 6) is -0.841. The molecule has 0 aromatic rings. The van der Waals surface area contributed by atoms with Crippen LogP contribution in [0.4, 0.5) is 0 Å². The summed E-state index contributed by atoms with van der Waals surface area (Å²) in [5, 5.41) is 8.36. The normalized spacial score (nSPS) is 16.8. The lowest BCUT2D eigenvalue weighted by molar-refractivity contribution is -0.139. The highest BCUT2D eigenvalue weighted by Gasteiger charge is 2.17. The largest absolute Gasteiger partial charge is 0.480 e. The molecule has 0 radical (unpaired) electrons. The van der Waals surface area contributed by atoms with Crippen molar-refractivity contribution in [2.45, 2.75) is 26.3 Å². The topological polar surface area (TPSA) is 63.3 Å². The molecule has 0 unspecified atom stereocenters. The van der Waals surface area contributed by atoms with Crippen LogP contribution in [0.3, 0.4) is 0 Å². The first-order valence-corrected chi connectivity index (χ1v) is 3.08. The first-order chi connectivity index (χ1) is 4.09. The van der Waals surface area contributed by atoms with Crippen molar-refractivity contribution in [2.24, 2.45) is 11.7 Å². The van der Waals surface area contributed by atoms with Gasteiger partial charge in [0.05, 0.1) is 0 Å². The van der Waals surface area contributed by atoms with Crippen LogP contribution in [-0.4, -0.2) is 17.1 Å². The minimum Gasteiger partial charge on any atom is -0.480 e. The van der Waals surface area contributed by atoms with E-state index >= 15 is 0 Å². The lowest BCUT2D eigenvalue weighted by Crippen LogP contribution is -2.36. The first kappa shape index (κ1) is 8.43. The molecule has 0 aromatic carbocycles. The van der Waals surface area contributed by atoms with E-state index in [-0.39, 0.29) is 5.92 Å². The molecule has 0 heterocycles. The predicted molar refractivity (Wildman–Crippen MR) is 35.1 cm³/mol. The average Bonchev–Trinajstić information content (AvgIpc) is 1.84. The van der Waals surface area contributed by atoms with Crippen molar-refractivity contribution >= 4 is 5.97 Å². The summed E-state index contributed by atoms with van der Waals surface area (Å²) in [5.41, 5.74) is 5.27. The Morgan fingerprint density at radius 1 is 1.89 bits per heavy atom. The molecule has 0 aliphatic rings. The van der Waals surface area contributed by atoms with Gasteiger partial charge in [-0.05, 0) is 5.92 Å². The summed E-state index contributed by atoms with van der Waals surface area (Å²) in [7, 11) is 0. The van der Waals surface area contributed by atoms with E-state index < -0.39 is 12.0 Å². The highest BCUT2D eigenvalue weighted by molar-refractivity contribution is 5.73. The van der Waals surface area contributed by atoms with Gasteiger partial charge in [-0.1, -0.05) is 20.3 Å². The van der Waals surface area contributed by atoms with E-state index in [0.717, 1.165) is 6.42 Å². The van der Waals surface area contributed by atoms with Gasteiger partial charge in [-0.15, -0.1) is 0 Å². The monoisotopic (exact) mass is 133 g/mol. The van der Waals surface area contributed by atoms with Gasteiger partial charge in [-0.25, -0.2) is 0 Å². The zero-order chi connectivity index (χ0) is 7.44. The lowest BCUT2D eigenvalue weighted by Gasteiger charge is -2.11. The highest BCUT2D eigenvalue weighted by atomic mass is 16.4. The Hall–Kier alpha value is -0.570.